The van der Waals surface area contributed by atoms with Gasteiger partial charge in [-0.1, -0.05) is 18.2 Å². The maximum Gasteiger partial charge on any atom is 0.417 e. The third-order valence-corrected chi connectivity index (χ3v) is 3.17. The van der Waals surface area contributed by atoms with Gasteiger partial charge in [0.15, 0.2) is 0 Å². The van der Waals surface area contributed by atoms with Gasteiger partial charge >= 0.3 is 6.18 Å². The molecule has 3 rings (SSSR count). The fourth-order valence-electron chi connectivity index (χ4n) is 2.34. The number of alkyl halides is 3. The van der Waals surface area contributed by atoms with E-state index >= 15 is 0 Å². The molecule has 0 spiro atoms. The van der Waals surface area contributed by atoms with E-state index in [2.05, 4.69) is 0 Å². The van der Waals surface area contributed by atoms with Crippen molar-refractivity contribution in [2.24, 2.45) is 0 Å². The fraction of sp³-hybridized carbons (Fsp3) is 0.0714. The average Bonchev–Trinajstić information content (AvgIpc) is 2.83. The number of hydroxylamine groups is 1. The molecule has 21 heavy (non-hydrogen) atoms. The minimum atomic E-state index is -4.76. The molecule has 4 nitrogen and oxygen atoms in total. The lowest BCUT2D eigenvalue weighted by atomic mass is 9.99. The van der Waals surface area contributed by atoms with E-state index in [1.807, 2.05) is 0 Å². The van der Waals surface area contributed by atoms with E-state index in [0.29, 0.717) is 11.0 Å². The molecule has 0 bridgehead atoms. The number of nitrogens with one attached hydrogen (secondary N) is 1. The van der Waals surface area contributed by atoms with Gasteiger partial charge in [0.2, 0.25) is 5.91 Å². The van der Waals surface area contributed by atoms with E-state index in [9.17, 15) is 23.2 Å². The Labute approximate surface area is 115 Å². The fourth-order valence-corrected chi connectivity index (χ4v) is 2.34. The van der Waals surface area contributed by atoms with E-state index in [1.165, 1.54) is 6.07 Å². The molecule has 0 unspecified atom stereocenters. The summed E-state index contributed by atoms with van der Waals surface area (Å²) in [6.07, 6.45) is -4.76. The molecule has 0 atom stereocenters. The lowest BCUT2D eigenvalue weighted by Crippen LogP contribution is -2.21. The molecular formula is C14H7F3NO3-. The SMILES string of the molecule is O=C(N[O-])c1c(C(F)(F)F)ccc2oc3ccccc3c12. The van der Waals surface area contributed by atoms with Crippen LogP contribution >= 0.6 is 0 Å². The van der Waals surface area contributed by atoms with Gasteiger partial charge in [0, 0.05) is 10.8 Å². The number of benzene rings is 2. The van der Waals surface area contributed by atoms with Crippen LogP contribution in [0.15, 0.2) is 40.8 Å². The Morgan fingerprint density at radius 1 is 1.10 bits per heavy atom. The van der Waals surface area contributed by atoms with Crippen LogP contribution in [-0.2, 0) is 6.18 Å². The van der Waals surface area contributed by atoms with Gasteiger partial charge in [0.05, 0.1) is 11.1 Å². The molecular weight excluding hydrogens is 287 g/mol. The van der Waals surface area contributed by atoms with Crippen LogP contribution in [-0.4, -0.2) is 5.91 Å². The van der Waals surface area contributed by atoms with Crippen LogP contribution < -0.4 is 5.48 Å². The number of furan rings is 1. The molecule has 0 fully saturated rings. The number of halogens is 3. The smallest absolute Gasteiger partial charge is 0.417 e. The van der Waals surface area contributed by atoms with Gasteiger partial charge < -0.3 is 15.1 Å². The third kappa shape index (κ3) is 2.02. The number of rotatable bonds is 1. The summed E-state index contributed by atoms with van der Waals surface area (Å²) in [4.78, 5) is 11.7. The number of hydrogen-bond acceptors (Lipinski definition) is 3. The highest BCUT2D eigenvalue weighted by molar-refractivity contribution is 6.17. The normalized spacial score (nSPS) is 12.0. The first-order valence-electron chi connectivity index (χ1n) is 5.87. The Kier molecular flexibility index (Phi) is 2.87. The maximum absolute atomic E-state index is 13.1. The molecule has 1 aromatic heterocycles. The molecule has 3 aromatic rings. The van der Waals surface area contributed by atoms with Crippen molar-refractivity contribution in [1.29, 1.82) is 0 Å². The zero-order valence-electron chi connectivity index (χ0n) is 10.3. The average molecular weight is 294 g/mol. The molecule has 7 heteroatoms. The summed E-state index contributed by atoms with van der Waals surface area (Å²) < 4.78 is 44.6. The molecule has 2 aromatic carbocycles. The second-order valence-corrected chi connectivity index (χ2v) is 4.39. The van der Waals surface area contributed by atoms with Crippen molar-refractivity contribution < 1.29 is 22.4 Å². The van der Waals surface area contributed by atoms with Crippen LogP contribution in [0.2, 0.25) is 0 Å². The summed E-state index contributed by atoms with van der Waals surface area (Å²) in [5.74, 6) is -1.35. The summed E-state index contributed by atoms with van der Waals surface area (Å²) >= 11 is 0. The number of carbonyl (C=O) groups excluding carboxylic acids is 1. The second kappa shape index (κ2) is 4.49. The minimum absolute atomic E-state index is 0.0197. The molecule has 0 radical (unpaired) electrons. The van der Waals surface area contributed by atoms with Crippen molar-refractivity contribution in [2.45, 2.75) is 6.18 Å². The first-order valence-corrected chi connectivity index (χ1v) is 5.87. The van der Waals surface area contributed by atoms with E-state index in [1.54, 1.807) is 18.2 Å². The lowest BCUT2D eigenvalue weighted by Gasteiger charge is -2.15. The molecule has 1 heterocycles. The highest BCUT2D eigenvalue weighted by Crippen LogP contribution is 2.39. The maximum atomic E-state index is 13.1. The summed E-state index contributed by atoms with van der Waals surface area (Å²) in [7, 11) is 0. The Bertz CT molecular complexity index is 852. The van der Waals surface area contributed by atoms with Crippen molar-refractivity contribution in [2.75, 3.05) is 0 Å². The third-order valence-electron chi connectivity index (χ3n) is 3.17. The van der Waals surface area contributed by atoms with E-state index in [0.717, 1.165) is 17.6 Å². The zero-order chi connectivity index (χ0) is 15.2. The molecule has 0 saturated carbocycles. The summed E-state index contributed by atoms with van der Waals surface area (Å²) in [6, 6.07) is 8.23. The Morgan fingerprint density at radius 3 is 2.48 bits per heavy atom. The van der Waals surface area contributed by atoms with Gasteiger partial charge in [0.1, 0.15) is 11.2 Å². The highest BCUT2D eigenvalue weighted by atomic mass is 19.4. The number of fused-ring (bicyclic) bond motifs is 3. The van der Waals surface area contributed by atoms with Crippen molar-refractivity contribution in [3.63, 3.8) is 0 Å². The van der Waals surface area contributed by atoms with Crippen molar-refractivity contribution in [3.8, 4) is 0 Å². The van der Waals surface area contributed by atoms with Crippen LogP contribution in [0.4, 0.5) is 13.2 Å². The van der Waals surface area contributed by atoms with E-state index in [4.69, 9.17) is 4.42 Å². The number of para-hydroxylation sites is 1. The lowest BCUT2D eigenvalue weighted by molar-refractivity contribution is -0.137. The van der Waals surface area contributed by atoms with Gasteiger partial charge in [-0.15, -0.1) is 0 Å². The zero-order valence-corrected chi connectivity index (χ0v) is 10.3. The first kappa shape index (κ1) is 13.4. The van der Waals surface area contributed by atoms with Gasteiger partial charge in [-0.3, -0.25) is 4.79 Å². The Balaban J connectivity index is 2.51. The predicted molar refractivity (Wildman–Crippen MR) is 69.6 cm³/mol. The van der Waals surface area contributed by atoms with Crippen LogP contribution in [0, 0.1) is 5.21 Å². The Morgan fingerprint density at radius 2 is 1.81 bits per heavy atom. The monoisotopic (exact) mass is 294 g/mol. The van der Waals surface area contributed by atoms with E-state index in [-0.39, 0.29) is 11.0 Å². The number of amides is 1. The number of hydrogen-bond donors (Lipinski definition) is 1. The molecule has 108 valence electrons. The summed E-state index contributed by atoms with van der Waals surface area (Å²) in [5, 5.41) is 10.9. The van der Waals surface area contributed by atoms with Crippen LogP contribution in [0.25, 0.3) is 21.9 Å². The predicted octanol–water partition coefficient (Wildman–Crippen LogP) is 3.83. The summed E-state index contributed by atoms with van der Waals surface area (Å²) in [6.45, 7) is 0. The van der Waals surface area contributed by atoms with Gasteiger partial charge in [-0.2, -0.15) is 13.2 Å². The molecule has 0 aliphatic carbocycles. The quantitative estimate of drug-likeness (QED) is 0.694. The molecule has 0 aliphatic rings. The topological polar surface area (TPSA) is 65.3 Å². The highest BCUT2D eigenvalue weighted by Gasteiger charge is 2.36. The van der Waals surface area contributed by atoms with Crippen molar-refractivity contribution in [1.82, 2.24) is 5.48 Å². The minimum Gasteiger partial charge on any atom is -0.759 e. The number of carbonyl (C=O) groups is 1. The first-order chi connectivity index (χ1) is 9.93. The Hall–Kier alpha value is -2.54. The molecule has 1 amide bonds. The van der Waals surface area contributed by atoms with E-state index < -0.39 is 23.2 Å². The van der Waals surface area contributed by atoms with Gasteiger partial charge in [-0.05, 0) is 18.2 Å². The van der Waals surface area contributed by atoms with Crippen LogP contribution in [0.5, 0.6) is 0 Å². The van der Waals surface area contributed by atoms with Crippen LogP contribution in [0.3, 0.4) is 0 Å². The summed E-state index contributed by atoms with van der Waals surface area (Å²) in [5.41, 5.74) is -0.431. The van der Waals surface area contributed by atoms with Gasteiger partial charge in [-0.25, -0.2) is 0 Å². The van der Waals surface area contributed by atoms with Crippen molar-refractivity contribution in [3.05, 3.63) is 52.7 Å². The van der Waals surface area contributed by atoms with Gasteiger partial charge in [0.25, 0.3) is 0 Å². The van der Waals surface area contributed by atoms with Crippen molar-refractivity contribution >= 4 is 27.8 Å². The molecule has 0 saturated heterocycles. The molecule has 1 N–H and O–H groups in total. The van der Waals surface area contributed by atoms with Crippen LogP contribution in [0.1, 0.15) is 15.9 Å². The largest absolute Gasteiger partial charge is 0.759 e. The standard InChI is InChI=1S/C14H7F3NO3/c15-14(16,17)8-5-6-10-11(12(8)13(19)18-20)7-3-1-2-4-9(7)21-10/h1-6H,(H-,18,19,20)/q-1. The second-order valence-electron chi connectivity index (χ2n) is 4.39. The molecule has 0 aliphatic heterocycles.